The maximum Gasteiger partial charge on any atom is 0.290 e. The number of aryl methyl sites for hydroxylation is 1. The summed E-state index contributed by atoms with van der Waals surface area (Å²) < 4.78 is 11.2. The van der Waals surface area contributed by atoms with E-state index in [-0.39, 0.29) is 23.6 Å². The Morgan fingerprint density at radius 2 is 2.00 bits per heavy atom. The number of carbonyl (C=O) groups excluding carboxylic acids is 2. The van der Waals surface area contributed by atoms with Crippen LogP contribution in [0.3, 0.4) is 0 Å². The van der Waals surface area contributed by atoms with E-state index in [2.05, 4.69) is 5.32 Å². The third-order valence-corrected chi connectivity index (χ3v) is 6.30. The van der Waals surface area contributed by atoms with Crippen molar-refractivity contribution in [3.63, 3.8) is 0 Å². The van der Waals surface area contributed by atoms with Gasteiger partial charge in [0.15, 0.2) is 11.8 Å². The fourth-order valence-electron chi connectivity index (χ4n) is 3.94. The van der Waals surface area contributed by atoms with E-state index in [1.165, 1.54) is 12.7 Å². The van der Waals surface area contributed by atoms with E-state index in [1.807, 2.05) is 30.5 Å². The quantitative estimate of drug-likeness (QED) is 0.572. The highest BCUT2D eigenvalue weighted by atomic mass is 32.1. The van der Waals surface area contributed by atoms with Crippen LogP contribution in [0.15, 0.2) is 56.9 Å². The van der Waals surface area contributed by atoms with E-state index in [0.29, 0.717) is 18.1 Å². The van der Waals surface area contributed by atoms with Crippen LogP contribution < -0.4 is 5.32 Å². The van der Waals surface area contributed by atoms with Crippen LogP contribution in [0.1, 0.15) is 65.1 Å². The Balaban J connectivity index is 1.68. The number of rotatable bonds is 7. The monoisotopic (exact) mass is 426 g/mol. The topological polar surface area (TPSA) is 75.7 Å². The molecule has 1 saturated carbocycles. The molecule has 0 aromatic carbocycles. The number of nitrogens with one attached hydrogen (secondary N) is 1. The van der Waals surface area contributed by atoms with Crippen LogP contribution in [-0.2, 0) is 11.3 Å². The van der Waals surface area contributed by atoms with Crippen LogP contribution in [-0.4, -0.2) is 22.8 Å². The highest BCUT2D eigenvalue weighted by molar-refractivity contribution is 7.09. The predicted octanol–water partition coefficient (Wildman–Crippen LogP) is 5.08. The minimum Gasteiger partial charge on any atom is -0.464 e. The zero-order chi connectivity index (χ0) is 20.9. The van der Waals surface area contributed by atoms with Crippen LogP contribution in [0.2, 0.25) is 0 Å². The zero-order valence-corrected chi connectivity index (χ0v) is 17.8. The van der Waals surface area contributed by atoms with Gasteiger partial charge in [-0.2, -0.15) is 0 Å². The van der Waals surface area contributed by atoms with Gasteiger partial charge >= 0.3 is 0 Å². The van der Waals surface area contributed by atoms with Gasteiger partial charge in [0.25, 0.3) is 11.8 Å². The predicted molar refractivity (Wildman–Crippen MR) is 114 cm³/mol. The minimum absolute atomic E-state index is 0.132. The van der Waals surface area contributed by atoms with Crippen LogP contribution in [0, 0.1) is 6.92 Å². The molecule has 1 aliphatic rings. The van der Waals surface area contributed by atoms with E-state index in [4.69, 9.17) is 8.83 Å². The second-order valence-corrected chi connectivity index (χ2v) is 8.72. The molecular weight excluding hydrogens is 400 g/mol. The van der Waals surface area contributed by atoms with E-state index >= 15 is 0 Å². The Kier molecular flexibility index (Phi) is 6.38. The SMILES string of the molecule is Cc1ccc(C(C(=O)NC2CCCCC2)N(Cc2cccs2)C(=O)c2ccco2)o1. The van der Waals surface area contributed by atoms with Crippen molar-refractivity contribution in [2.24, 2.45) is 0 Å². The molecule has 1 unspecified atom stereocenters. The lowest BCUT2D eigenvalue weighted by molar-refractivity contribution is -0.127. The van der Waals surface area contributed by atoms with Gasteiger partial charge in [-0.15, -0.1) is 11.3 Å². The molecule has 30 heavy (non-hydrogen) atoms. The van der Waals surface area contributed by atoms with Crippen molar-refractivity contribution >= 4 is 23.2 Å². The minimum atomic E-state index is -0.875. The molecule has 158 valence electrons. The number of amides is 2. The summed E-state index contributed by atoms with van der Waals surface area (Å²) in [5, 5.41) is 5.12. The van der Waals surface area contributed by atoms with Gasteiger partial charge in [0, 0.05) is 10.9 Å². The summed E-state index contributed by atoms with van der Waals surface area (Å²) >= 11 is 1.54. The number of hydrogen-bond donors (Lipinski definition) is 1. The van der Waals surface area contributed by atoms with Crippen LogP contribution in [0.5, 0.6) is 0 Å². The number of thiophene rings is 1. The van der Waals surface area contributed by atoms with Crippen molar-refractivity contribution in [1.29, 1.82) is 0 Å². The molecule has 1 aliphatic carbocycles. The van der Waals surface area contributed by atoms with Crippen molar-refractivity contribution in [1.82, 2.24) is 10.2 Å². The Morgan fingerprint density at radius 1 is 1.17 bits per heavy atom. The molecule has 4 rings (SSSR count). The zero-order valence-electron chi connectivity index (χ0n) is 17.0. The molecule has 0 saturated heterocycles. The molecule has 7 heteroatoms. The molecular formula is C23H26N2O4S. The van der Waals surface area contributed by atoms with Crippen LogP contribution >= 0.6 is 11.3 Å². The van der Waals surface area contributed by atoms with E-state index in [0.717, 1.165) is 30.6 Å². The summed E-state index contributed by atoms with van der Waals surface area (Å²) in [7, 11) is 0. The summed E-state index contributed by atoms with van der Waals surface area (Å²) in [6.07, 6.45) is 6.82. The molecule has 1 atom stereocenters. The molecule has 0 aliphatic heterocycles. The van der Waals surface area contributed by atoms with Crippen molar-refractivity contribution in [2.75, 3.05) is 0 Å². The van der Waals surface area contributed by atoms with Crippen molar-refractivity contribution in [3.05, 3.63) is 70.2 Å². The van der Waals surface area contributed by atoms with Gasteiger partial charge in [-0.05, 0) is 55.5 Å². The highest BCUT2D eigenvalue weighted by Gasteiger charge is 2.36. The fourth-order valence-corrected chi connectivity index (χ4v) is 4.65. The summed E-state index contributed by atoms with van der Waals surface area (Å²) in [5.41, 5.74) is 0. The van der Waals surface area contributed by atoms with E-state index in [1.54, 1.807) is 34.4 Å². The summed E-state index contributed by atoms with van der Waals surface area (Å²) in [5.74, 6) is 0.795. The Morgan fingerprint density at radius 3 is 2.63 bits per heavy atom. The molecule has 0 bridgehead atoms. The second-order valence-electron chi connectivity index (χ2n) is 7.68. The normalized spacial score (nSPS) is 15.6. The van der Waals surface area contributed by atoms with Crippen LogP contribution in [0.25, 0.3) is 0 Å². The maximum atomic E-state index is 13.5. The van der Waals surface area contributed by atoms with Crippen molar-refractivity contribution in [2.45, 2.75) is 57.7 Å². The Labute approximate surface area is 179 Å². The van der Waals surface area contributed by atoms with Gasteiger partial charge in [-0.25, -0.2) is 0 Å². The van der Waals surface area contributed by atoms with Crippen LogP contribution in [0.4, 0.5) is 0 Å². The number of nitrogens with zero attached hydrogens (tertiary/aromatic N) is 1. The van der Waals surface area contributed by atoms with Gasteiger partial charge < -0.3 is 19.1 Å². The average molecular weight is 427 g/mol. The van der Waals surface area contributed by atoms with Crippen molar-refractivity contribution in [3.8, 4) is 0 Å². The first-order valence-electron chi connectivity index (χ1n) is 10.4. The Bertz CT molecular complexity index is 955. The molecule has 2 amide bonds. The first kappa shape index (κ1) is 20.5. The van der Waals surface area contributed by atoms with E-state index < -0.39 is 6.04 Å². The lowest BCUT2D eigenvalue weighted by Gasteiger charge is -2.31. The third-order valence-electron chi connectivity index (χ3n) is 5.44. The second kappa shape index (κ2) is 9.34. The molecule has 1 N–H and O–H groups in total. The highest BCUT2D eigenvalue weighted by Crippen LogP contribution is 2.29. The number of hydrogen-bond acceptors (Lipinski definition) is 5. The van der Waals surface area contributed by atoms with Gasteiger partial charge in [0.2, 0.25) is 0 Å². The van der Waals surface area contributed by atoms with Gasteiger partial charge in [-0.1, -0.05) is 25.3 Å². The maximum absolute atomic E-state index is 13.5. The molecule has 3 aromatic rings. The van der Waals surface area contributed by atoms with E-state index in [9.17, 15) is 9.59 Å². The molecule has 6 nitrogen and oxygen atoms in total. The number of carbonyl (C=O) groups is 2. The molecule has 3 heterocycles. The first-order chi connectivity index (χ1) is 14.6. The summed E-state index contributed by atoms with van der Waals surface area (Å²) in [4.78, 5) is 29.4. The summed E-state index contributed by atoms with van der Waals surface area (Å²) in [6, 6.07) is 10.0. The molecule has 0 radical (unpaired) electrons. The third kappa shape index (κ3) is 4.67. The number of furan rings is 2. The molecule has 0 spiro atoms. The fraction of sp³-hybridized carbons (Fsp3) is 0.391. The van der Waals surface area contributed by atoms with Crippen molar-refractivity contribution < 1.29 is 18.4 Å². The van der Waals surface area contributed by atoms with Gasteiger partial charge in [0.05, 0.1) is 12.8 Å². The molecule has 1 fully saturated rings. The molecule has 3 aromatic heterocycles. The first-order valence-corrected chi connectivity index (χ1v) is 11.2. The largest absolute Gasteiger partial charge is 0.464 e. The lowest BCUT2D eigenvalue weighted by Crippen LogP contribution is -2.46. The van der Waals surface area contributed by atoms with Gasteiger partial charge in [0.1, 0.15) is 11.5 Å². The Hall–Kier alpha value is -2.80. The summed E-state index contributed by atoms with van der Waals surface area (Å²) in [6.45, 7) is 2.12. The van der Waals surface area contributed by atoms with Gasteiger partial charge in [-0.3, -0.25) is 9.59 Å². The average Bonchev–Trinajstić information content (AvgIpc) is 3.51. The lowest BCUT2D eigenvalue weighted by atomic mass is 9.95. The smallest absolute Gasteiger partial charge is 0.290 e. The standard InChI is InChI=1S/C23H26N2O4S/c1-16-11-12-19(29-16)21(22(26)24-17-7-3-2-4-8-17)25(15-18-9-6-14-30-18)23(27)20-10-5-13-28-20/h5-6,9-14,17,21H,2-4,7-8,15H2,1H3,(H,24,26).